The van der Waals surface area contributed by atoms with Crippen LogP contribution in [0.25, 0.3) is 11.2 Å². The van der Waals surface area contributed by atoms with Crippen LogP contribution in [0.15, 0.2) is 11.0 Å². The molecule has 2 saturated carbocycles. The van der Waals surface area contributed by atoms with Crippen molar-refractivity contribution in [3.05, 3.63) is 16.7 Å². The van der Waals surface area contributed by atoms with E-state index in [9.17, 15) is 13.2 Å². The molecule has 0 radical (unpaired) electrons. The lowest BCUT2D eigenvalue weighted by Gasteiger charge is -2.35. The van der Waals surface area contributed by atoms with Gasteiger partial charge in [-0.3, -0.25) is 9.13 Å². The number of hydrogen-bond donors (Lipinski definition) is 1. The van der Waals surface area contributed by atoms with Crippen molar-refractivity contribution in [3.63, 3.8) is 0 Å². The Morgan fingerprint density at radius 1 is 0.969 bits per heavy atom. The molecule has 2 aliphatic carbocycles. The summed E-state index contributed by atoms with van der Waals surface area (Å²) in [4.78, 5) is 22.0. The molecular formula is C22H34N6O3S. The number of hydrogen-bond acceptors (Lipinski definition) is 6. The number of anilines is 1. The third-order valence-corrected chi connectivity index (χ3v) is 10.0. The highest BCUT2D eigenvalue weighted by Gasteiger charge is 2.35. The number of nitrogens with zero attached hydrogens (tertiary/aromatic N) is 5. The van der Waals surface area contributed by atoms with Gasteiger partial charge in [-0.1, -0.05) is 32.1 Å². The van der Waals surface area contributed by atoms with E-state index in [4.69, 9.17) is 4.98 Å². The van der Waals surface area contributed by atoms with Crippen LogP contribution >= 0.6 is 0 Å². The summed E-state index contributed by atoms with van der Waals surface area (Å²) in [7, 11) is -1.42. The highest BCUT2D eigenvalue weighted by molar-refractivity contribution is 7.89. The first kappa shape index (κ1) is 21.9. The van der Waals surface area contributed by atoms with Crippen molar-refractivity contribution >= 4 is 27.1 Å². The van der Waals surface area contributed by atoms with E-state index in [2.05, 4.69) is 10.3 Å². The Morgan fingerprint density at radius 2 is 1.62 bits per heavy atom. The molecule has 2 aromatic heterocycles. The van der Waals surface area contributed by atoms with E-state index >= 15 is 0 Å². The molecule has 10 heteroatoms. The third-order valence-electron chi connectivity index (χ3n) is 7.64. The molecule has 0 amide bonds. The molecule has 3 fully saturated rings. The largest absolute Gasteiger partial charge is 0.351 e. The van der Waals surface area contributed by atoms with Crippen molar-refractivity contribution in [2.45, 2.75) is 88.0 Å². The van der Waals surface area contributed by atoms with Crippen LogP contribution in [-0.4, -0.2) is 56.2 Å². The van der Waals surface area contributed by atoms with Crippen molar-refractivity contribution in [1.29, 1.82) is 0 Å². The molecule has 1 saturated heterocycles. The van der Waals surface area contributed by atoms with Gasteiger partial charge < -0.3 is 5.32 Å². The van der Waals surface area contributed by atoms with Gasteiger partial charge in [0.05, 0.1) is 11.4 Å². The Kier molecular flexibility index (Phi) is 6.00. The minimum atomic E-state index is -3.19. The van der Waals surface area contributed by atoms with E-state index in [1.807, 2.05) is 4.57 Å². The zero-order valence-corrected chi connectivity index (χ0v) is 19.7. The summed E-state index contributed by atoms with van der Waals surface area (Å²) in [5.41, 5.74) is 1.42. The average molecular weight is 463 g/mol. The molecule has 3 heterocycles. The van der Waals surface area contributed by atoms with Crippen LogP contribution in [0, 0.1) is 0 Å². The first-order valence-electron chi connectivity index (χ1n) is 12.1. The van der Waals surface area contributed by atoms with Crippen molar-refractivity contribution in [1.82, 2.24) is 23.4 Å². The number of rotatable bonds is 5. The second-order valence-corrected chi connectivity index (χ2v) is 11.9. The fraction of sp³-hybridized carbons (Fsp3) is 0.773. The summed E-state index contributed by atoms with van der Waals surface area (Å²) in [6.07, 6.45) is 12.3. The van der Waals surface area contributed by atoms with Crippen LogP contribution in [0.5, 0.6) is 0 Å². The lowest BCUT2D eigenvalue weighted by atomic mass is 10.0. The van der Waals surface area contributed by atoms with Gasteiger partial charge in [0.2, 0.25) is 16.0 Å². The maximum Gasteiger partial charge on any atom is 0.330 e. The predicted octanol–water partition coefficient (Wildman–Crippen LogP) is 2.78. The normalized spacial score (nSPS) is 22.7. The van der Waals surface area contributed by atoms with Crippen LogP contribution in [-0.2, 0) is 17.1 Å². The summed E-state index contributed by atoms with van der Waals surface area (Å²) < 4.78 is 31.2. The topological polar surface area (TPSA) is 102 Å². The van der Waals surface area contributed by atoms with Gasteiger partial charge in [-0.25, -0.2) is 22.5 Å². The Hall–Kier alpha value is -1.94. The Morgan fingerprint density at radius 3 is 2.31 bits per heavy atom. The number of piperidine rings is 1. The van der Waals surface area contributed by atoms with Gasteiger partial charge in [0, 0.05) is 32.2 Å². The molecule has 0 aromatic carbocycles. The fourth-order valence-corrected chi connectivity index (χ4v) is 7.78. The van der Waals surface area contributed by atoms with Crippen LogP contribution in [0.2, 0.25) is 0 Å². The van der Waals surface area contributed by atoms with Gasteiger partial charge in [0.1, 0.15) is 5.52 Å². The van der Waals surface area contributed by atoms with E-state index in [-0.39, 0.29) is 23.0 Å². The minimum absolute atomic E-state index is 0.0282. The highest BCUT2D eigenvalue weighted by Crippen LogP contribution is 2.31. The van der Waals surface area contributed by atoms with Crippen molar-refractivity contribution in [2.75, 3.05) is 18.4 Å². The summed E-state index contributed by atoms with van der Waals surface area (Å²) >= 11 is 0. The Bertz CT molecular complexity index is 1120. The molecule has 3 aliphatic rings. The molecule has 0 atom stereocenters. The van der Waals surface area contributed by atoms with Gasteiger partial charge in [-0.05, 0) is 38.5 Å². The number of sulfonamides is 1. The van der Waals surface area contributed by atoms with Gasteiger partial charge in [0.25, 0.3) is 0 Å². The Balaban J connectivity index is 1.28. The van der Waals surface area contributed by atoms with E-state index < -0.39 is 10.0 Å². The standard InChI is InChI=1S/C22H34N6O3S/c1-26-19-15-23-21(25-20(19)28(22(26)29)17-7-5-6-8-17)24-16-11-13-27(14-12-16)32(30,31)18-9-3-2-4-10-18/h15-18H,2-14H2,1H3,(H,23,24,25). The molecule has 0 spiro atoms. The number of fused-ring (bicyclic) bond motifs is 1. The summed E-state index contributed by atoms with van der Waals surface area (Å²) in [6, 6.07) is 0.336. The van der Waals surface area contributed by atoms with Gasteiger partial charge >= 0.3 is 5.69 Å². The first-order valence-corrected chi connectivity index (χ1v) is 13.6. The van der Waals surface area contributed by atoms with Crippen LogP contribution in [0.4, 0.5) is 5.95 Å². The number of aryl methyl sites for hydroxylation is 1. The van der Waals surface area contributed by atoms with Gasteiger partial charge in [0.15, 0.2) is 5.65 Å². The number of nitrogens with one attached hydrogen (secondary N) is 1. The Labute approximate surface area is 189 Å². The van der Waals surface area contributed by atoms with Gasteiger partial charge in [-0.15, -0.1) is 0 Å². The van der Waals surface area contributed by atoms with Crippen LogP contribution in [0.1, 0.15) is 76.7 Å². The zero-order valence-electron chi connectivity index (χ0n) is 18.9. The second-order valence-electron chi connectivity index (χ2n) is 9.67. The highest BCUT2D eigenvalue weighted by atomic mass is 32.2. The van der Waals surface area contributed by atoms with Crippen LogP contribution in [0.3, 0.4) is 0 Å². The molecule has 2 aromatic rings. The zero-order chi connectivity index (χ0) is 22.3. The molecule has 1 aliphatic heterocycles. The molecular weight excluding hydrogens is 428 g/mol. The maximum absolute atomic E-state index is 13.0. The van der Waals surface area contributed by atoms with Crippen molar-refractivity contribution < 1.29 is 8.42 Å². The number of imidazole rings is 1. The van der Waals surface area contributed by atoms with E-state index in [0.717, 1.165) is 76.1 Å². The maximum atomic E-state index is 13.0. The van der Waals surface area contributed by atoms with E-state index in [0.29, 0.717) is 24.7 Å². The molecule has 32 heavy (non-hydrogen) atoms. The molecule has 0 bridgehead atoms. The lowest BCUT2D eigenvalue weighted by Crippen LogP contribution is -2.46. The summed E-state index contributed by atoms with van der Waals surface area (Å²) in [5.74, 6) is 0.517. The fourth-order valence-electron chi connectivity index (χ4n) is 5.71. The molecule has 0 unspecified atom stereocenters. The predicted molar refractivity (Wildman–Crippen MR) is 124 cm³/mol. The van der Waals surface area contributed by atoms with Crippen molar-refractivity contribution in [3.8, 4) is 0 Å². The smallest absolute Gasteiger partial charge is 0.330 e. The van der Waals surface area contributed by atoms with Crippen molar-refractivity contribution in [2.24, 2.45) is 7.05 Å². The second kappa shape index (κ2) is 8.78. The molecule has 1 N–H and O–H groups in total. The van der Waals surface area contributed by atoms with E-state index in [1.54, 1.807) is 22.1 Å². The molecule has 176 valence electrons. The minimum Gasteiger partial charge on any atom is -0.351 e. The quantitative estimate of drug-likeness (QED) is 0.733. The first-order chi connectivity index (χ1) is 15.4. The summed E-state index contributed by atoms with van der Waals surface area (Å²) in [5, 5.41) is 3.21. The third kappa shape index (κ3) is 3.96. The monoisotopic (exact) mass is 462 g/mol. The number of aromatic nitrogens is 4. The molecule has 9 nitrogen and oxygen atoms in total. The molecule has 5 rings (SSSR count). The van der Waals surface area contributed by atoms with Gasteiger partial charge in [-0.2, -0.15) is 4.98 Å². The lowest BCUT2D eigenvalue weighted by molar-refractivity contribution is 0.320. The van der Waals surface area contributed by atoms with Crippen LogP contribution < -0.4 is 11.0 Å². The van der Waals surface area contributed by atoms with E-state index in [1.165, 1.54) is 0 Å². The SMILES string of the molecule is Cn1c(=O)n(C2CCCC2)c2nc(NC3CCN(S(=O)(=O)C4CCCCC4)CC3)ncc21. The summed E-state index contributed by atoms with van der Waals surface area (Å²) in [6.45, 7) is 1.08. The average Bonchev–Trinajstić information content (AvgIpc) is 3.42.